The van der Waals surface area contributed by atoms with Crippen molar-refractivity contribution in [1.82, 2.24) is 9.71 Å². The Bertz CT molecular complexity index is 605. The van der Waals surface area contributed by atoms with Gasteiger partial charge in [-0.15, -0.1) is 0 Å². The van der Waals surface area contributed by atoms with Crippen LogP contribution in [0.2, 0.25) is 5.15 Å². The molecule has 7 heteroatoms. The van der Waals surface area contributed by atoms with E-state index in [2.05, 4.69) is 9.71 Å². The van der Waals surface area contributed by atoms with E-state index in [9.17, 15) is 13.5 Å². The third-order valence-electron chi connectivity index (χ3n) is 4.76. The topological polar surface area (TPSA) is 79.3 Å². The van der Waals surface area contributed by atoms with Gasteiger partial charge in [0.1, 0.15) is 5.15 Å². The Morgan fingerprint density at radius 1 is 1.33 bits per heavy atom. The predicted octanol–water partition coefficient (Wildman–Crippen LogP) is 1.56. The summed E-state index contributed by atoms with van der Waals surface area (Å²) < 4.78 is 27.5. The van der Waals surface area contributed by atoms with Crippen LogP contribution < -0.4 is 4.72 Å². The maximum atomic E-state index is 12.3. The number of hydrogen-bond acceptors (Lipinski definition) is 4. The van der Waals surface area contributed by atoms with E-state index in [1.54, 1.807) is 12.1 Å². The summed E-state index contributed by atoms with van der Waals surface area (Å²) in [6.07, 6.45) is 4.67. The van der Waals surface area contributed by atoms with Crippen molar-refractivity contribution < 1.29 is 13.5 Å². The Morgan fingerprint density at radius 3 is 2.76 bits per heavy atom. The van der Waals surface area contributed by atoms with Gasteiger partial charge < -0.3 is 5.11 Å². The van der Waals surface area contributed by atoms with Crippen LogP contribution in [0.5, 0.6) is 0 Å². The van der Waals surface area contributed by atoms with Crippen LogP contribution in [0, 0.1) is 17.8 Å². The highest BCUT2D eigenvalue weighted by Gasteiger charge is 2.48. The molecule has 5 nitrogen and oxygen atoms in total. The smallest absolute Gasteiger partial charge is 0.216 e. The van der Waals surface area contributed by atoms with Crippen LogP contribution in [0.1, 0.15) is 24.8 Å². The van der Waals surface area contributed by atoms with E-state index in [-0.39, 0.29) is 24.3 Å². The fraction of sp³-hybridized carbons (Fsp3) is 0.643. The summed E-state index contributed by atoms with van der Waals surface area (Å²) in [6, 6.07) is 3.12. The number of aliphatic hydroxyl groups excluding tert-OH is 1. The summed E-state index contributed by atoms with van der Waals surface area (Å²) in [5, 5.41) is 9.86. The third-order valence-corrected chi connectivity index (χ3v) is 6.33. The molecule has 21 heavy (non-hydrogen) atoms. The Hall–Kier alpha value is -0.690. The van der Waals surface area contributed by atoms with E-state index in [4.69, 9.17) is 11.6 Å². The maximum absolute atomic E-state index is 12.3. The number of fused-ring (bicyclic) bond motifs is 2. The lowest BCUT2D eigenvalue weighted by Crippen LogP contribution is -2.45. The minimum atomic E-state index is -3.44. The van der Waals surface area contributed by atoms with E-state index < -0.39 is 10.0 Å². The molecule has 116 valence electrons. The Labute approximate surface area is 129 Å². The highest BCUT2D eigenvalue weighted by molar-refractivity contribution is 7.88. The molecule has 1 heterocycles. The molecule has 4 unspecified atom stereocenters. The number of rotatable bonds is 5. The van der Waals surface area contributed by atoms with Gasteiger partial charge in [0.05, 0.1) is 5.75 Å². The number of halogens is 1. The van der Waals surface area contributed by atoms with E-state index in [0.29, 0.717) is 22.6 Å². The van der Waals surface area contributed by atoms with Crippen LogP contribution in [0.4, 0.5) is 0 Å². The molecule has 0 spiro atoms. The largest absolute Gasteiger partial charge is 0.396 e. The standard InChI is InChI=1S/C14H19ClN2O3S/c15-13-4-1-9(6-16-13)8-21(19,20)17-14-11-3-2-10(5-11)12(14)7-18/h1,4,6,10-12,14,17-18H,2-3,5,7-8H2. The zero-order valence-electron chi connectivity index (χ0n) is 11.6. The van der Waals surface area contributed by atoms with Crippen LogP contribution in [0.25, 0.3) is 0 Å². The van der Waals surface area contributed by atoms with Crippen molar-refractivity contribution in [3.8, 4) is 0 Å². The number of aromatic nitrogens is 1. The van der Waals surface area contributed by atoms with Crippen molar-refractivity contribution in [3.63, 3.8) is 0 Å². The first-order valence-corrected chi connectivity index (χ1v) is 9.23. The van der Waals surface area contributed by atoms with Crippen LogP contribution in [0.3, 0.4) is 0 Å². The van der Waals surface area contributed by atoms with Crippen molar-refractivity contribution >= 4 is 21.6 Å². The van der Waals surface area contributed by atoms with Crippen molar-refractivity contribution in [2.75, 3.05) is 6.61 Å². The first kappa shape index (κ1) is 15.2. The lowest BCUT2D eigenvalue weighted by Gasteiger charge is -2.30. The summed E-state index contributed by atoms with van der Waals surface area (Å²) in [7, 11) is -3.44. The molecule has 0 aromatic carbocycles. The third kappa shape index (κ3) is 3.23. The molecule has 2 fully saturated rings. The van der Waals surface area contributed by atoms with Gasteiger partial charge >= 0.3 is 0 Å². The first-order chi connectivity index (χ1) is 9.98. The second kappa shape index (κ2) is 5.83. The zero-order chi connectivity index (χ0) is 15.0. The molecule has 2 N–H and O–H groups in total. The Morgan fingerprint density at radius 2 is 2.10 bits per heavy atom. The van der Waals surface area contributed by atoms with E-state index >= 15 is 0 Å². The fourth-order valence-corrected chi connectivity index (χ4v) is 5.40. The normalized spacial score (nSPS) is 31.7. The summed E-state index contributed by atoms with van der Waals surface area (Å²) in [4.78, 5) is 3.90. The zero-order valence-corrected chi connectivity index (χ0v) is 13.1. The molecular weight excluding hydrogens is 312 g/mol. The molecule has 3 rings (SSSR count). The second-order valence-electron chi connectivity index (χ2n) is 6.07. The monoisotopic (exact) mass is 330 g/mol. The maximum Gasteiger partial charge on any atom is 0.216 e. The molecule has 1 aromatic heterocycles. The highest BCUT2D eigenvalue weighted by Crippen LogP contribution is 2.48. The average Bonchev–Trinajstić information content (AvgIpc) is 3.01. The average molecular weight is 331 g/mol. The van der Waals surface area contributed by atoms with Crippen LogP contribution in [0.15, 0.2) is 18.3 Å². The van der Waals surface area contributed by atoms with Crippen LogP contribution in [-0.2, 0) is 15.8 Å². The molecule has 2 aliphatic carbocycles. The van der Waals surface area contributed by atoms with E-state index in [1.807, 2.05) is 0 Å². The molecule has 0 radical (unpaired) electrons. The van der Waals surface area contributed by atoms with Crippen LogP contribution in [-0.4, -0.2) is 31.2 Å². The number of sulfonamides is 1. The van der Waals surface area contributed by atoms with Gasteiger partial charge in [0.2, 0.25) is 10.0 Å². The Kier molecular flexibility index (Phi) is 4.23. The number of hydrogen-bond donors (Lipinski definition) is 2. The first-order valence-electron chi connectivity index (χ1n) is 7.20. The van der Waals surface area contributed by atoms with E-state index in [1.165, 1.54) is 6.20 Å². The van der Waals surface area contributed by atoms with Gasteiger partial charge in [-0.25, -0.2) is 18.1 Å². The highest BCUT2D eigenvalue weighted by atomic mass is 35.5. The molecule has 0 saturated heterocycles. The van der Waals surface area contributed by atoms with Gasteiger partial charge in [-0.2, -0.15) is 0 Å². The number of nitrogens with zero attached hydrogens (tertiary/aromatic N) is 1. The molecule has 2 saturated carbocycles. The summed E-state index contributed by atoms with van der Waals surface area (Å²) in [5.41, 5.74) is 0.607. The Balaban J connectivity index is 1.70. The second-order valence-corrected chi connectivity index (χ2v) is 8.21. The minimum absolute atomic E-state index is 0.0524. The van der Waals surface area contributed by atoms with Crippen molar-refractivity contribution in [3.05, 3.63) is 29.0 Å². The van der Waals surface area contributed by atoms with Crippen molar-refractivity contribution in [1.29, 1.82) is 0 Å². The van der Waals surface area contributed by atoms with E-state index in [0.717, 1.165) is 19.3 Å². The molecule has 1 aromatic rings. The minimum Gasteiger partial charge on any atom is -0.396 e. The molecule has 2 aliphatic rings. The molecule has 4 atom stereocenters. The van der Waals surface area contributed by atoms with Gasteiger partial charge in [0.25, 0.3) is 0 Å². The lowest BCUT2D eigenvalue weighted by molar-refractivity contribution is 0.153. The summed E-state index contributed by atoms with van der Waals surface area (Å²) >= 11 is 5.70. The summed E-state index contributed by atoms with van der Waals surface area (Å²) in [6.45, 7) is 0.0524. The SMILES string of the molecule is O=S(=O)(Cc1ccc(Cl)nc1)NC1C2CCC(C2)C1CO. The summed E-state index contributed by atoms with van der Waals surface area (Å²) in [5.74, 6) is 0.778. The quantitative estimate of drug-likeness (QED) is 0.803. The molecule has 0 amide bonds. The van der Waals surface area contributed by atoms with Crippen molar-refractivity contribution in [2.45, 2.75) is 31.1 Å². The van der Waals surface area contributed by atoms with Crippen molar-refractivity contribution in [2.24, 2.45) is 17.8 Å². The lowest BCUT2D eigenvalue weighted by atomic mass is 9.86. The fourth-order valence-electron chi connectivity index (χ4n) is 3.82. The molecular formula is C14H19ClN2O3S. The number of aliphatic hydroxyl groups is 1. The van der Waals surface area contributed by atoms with Gasteiger partial charge in [-0.05, 0) is 42.7 Å². The van der Waals surface area contributed by atoms with Crippen LogP contribution >= 0.6 is 11.6 Å². The van der Waals surface area contributed by atoms with Gasteiger partial charge in [0.15, 0.2) is 0 Å². The number of pyridine rings is 1. The molecule has 0 aliphatic heterocycles. The predicted molar refractivity (Wildman–Crippen MR) is 80.2 cm³/mol. The van der Waals surface area contributed by atoms with Gasteiger partial charge in [-0.3, -0.25) is 0 Å². The van der Waals surface area contributed by atoms with Gasteiger partial charge in [0, 0.05) is 24.8 Å². The van der Waals surface area contributed by atoms with Gasteiger partial charge in [-0.1, -0.05) is 17.7 Å². The molecule has 2 bridgehead atoms. The number of nitrogens with one attached hydrogen (secondary N) is 1.